The summed E-state index contributed by atoms with van der Waals surface area (Å²) in [7, 11) is 1.42. The number of ketones is 1. The monoisotopic (exact) mass is 600 g/mol. The van der Waals surface area contributed by atoms with Crippen molar-refractivity contribution in [2.75, 3.05) is 20.3 Å². The zero-order chi connectivity index (χ0) is 31.4. The molecule has 3 aliphatic rings. The van der Waals surface area contributed by atoms with Crippen LogP contribution >= 0.6 is 0 Å². The zero-order valence-electron chi connectivity index (χ0n) is 25.8. The van der Waals surface area contributed by atoms with Crippen LogP contribution in [0.25, 0.3) is 5.70 Å². The van der Waals surface area contributed by atoms with Crippen molar-refractivity contribution in [3.8, 4) is 0 Å². The van der Waals surface area contributed by atoms with Crippen LogP contribution < -0.4 is 0 Å². The number of nitrogens with zero attached hydrogens (tertiary/aromatic N) is 4. The Morgan fingerprint density at radius 2 is 1.68 bits per heavy atom. The highest BCUT2D eigenvalue weighted by Gasteiger charge is 2.49. The minimum absolute atomic E-state index is 0.00825. The van der Waals surface area contributed by atoms with E-state index in [0.717, 1.165) is 31.2 Å². The molecule has 3 amide bonds. The molecule has 5 rings (SSSR count). The SMILES string of the molecule is COCC(=O)N1C=C(c2ccccc2)N(N(C(C)=O)[C@@H](Cc2ccccc2)C(=O)C2=NC3(CCCC3)CO2)C(=O)C1C(C)C. The molecule has 232 valence electrons. The molecule has 0 saturated heterocycles. The molecule has 1 aliphatic carbocycles. The number of methoxy groups -OCH3 is 1. The average molecular weight is 601 g/mol. The van der Waals surface area contributed by atoms with Crippen molar-refractivity contribution in [2.24, 2.45) is 10.9 Å². The maximum Gasteiger partial charge on any atom is 0.269 e. The second kappa shape index (κ2) is 13.1. The van der Waals surface area contributed by atoms with Crippen LogP contribution in [-0.2, 0) is 35.1 Å². The van der Waals surface area contributed by atoms with Gasteiger partial charge in [-0.25, -0.2) is 15.0 Å². The molecule has 44 heavy (non-hydrogen) atoms. The number of carbonyl (C=O) groups excluding carboxylic acids is 4. The Bertz CT molecular complexity index is 1450. The van der Waals surface area contributed by atoms with Crippen LogP contribution in [0.2, 0.25) is 0 Å². The Labute approximate surface area is 258 Å². The van der Waals surface area contributed by atoms with Gasteiger partial charge < -0.3 is 14.4 Å². The summed E-state index contributed by atoms with van der Waals surface area (Å²) in [6.45, 7) is 5.11. The Balaban J connectivity index is 1.66. The third-order valence-electron chi connectivity index (χ3n) is 8.48. The van der Waals surface area contributed by atoms with Gasteiger partial charge in [-0.2, -0.15) is 0 Å². The van der Waals surface area contributed by atoms with Gasteiger partial charge in [-0.3, -0.25) is 19.2 Å². The van der Waals surface area contributed by atoms with Crippen molar-refractivity contribution in [3.05, 3.63) is 78.0 Å². The molecule has 2 atom stereocenters. The number of Topliss-reactive ketones (excluding diaryl/α,β-unsaturated/α-hetero) is 1. The van der Waals surface area contributed by atoms with E-state index in [-0.39, 0.29) is 24.8 Å². The first-order chi connectivity index (χ1) is 21.2. The molecule has 2 heterocycles. The lowest BCUT2D eigenvalue weighted by atomic mass is 9.96. The summed E-state index contributed by atoms with van der Waals surface area (Å²) in [5, 5.41) is 2.51. The Kier molecular flexibility index (Phi) is 9.29. The van der Waals surface area contributed by atoms with Crippen LogP contribution in [0.4, 0.5) is 0 Å². The summed E-state index contributed by atoms with van der Waals surface area (Å²) in [6, 6.07) is 16.3. The Morgan fingerprint density at radius 1 is 1.05 bits per heavy atom. The van der Waals surface area contributed by atoms with Gasteiger partial charge >= 0.3 is 0 Å². The molecule has 1 spiro atoms. The van der Waals surface area contributed by atoms with Gasteiger partial charge in [-0.15, -0.1) is 0 Å². The smallest absolute Gasteiger partial charge is 0.269 e. The summed E-state index contributed by atoms with van der Waals surface area (Å²) in [5.41, 5.74) is 1.28. The first-order valence-electron chi connectivity index (χ1n) is 15.2. The van der Waals surface area contributed by atoms with Crippen molar-refractivity contribution >= 4 is 35.1 Å². The third-order valence-corrected chi connectivity index (χ3v) is 8.48. The first-order valence-corrected chi connectivity index (χ1v) is 15.2. The van der Waals surface area contributed by atoms with Gasteiger partial charge in [0.05, 0.1) is 11.2 Å². The minimum Gasteiger partial charge on any atom is -0.473 e. The largest absolute Gasteiger partial charge is 0.473 e. The van der Waals surface area contributed by atoms with Gasteiger partial charge in [0.25, 0.3) is 17.7 Å². The van der Waals surface area contributed by atoms with Gasteiger partial charge in [0.2, 0.25) is 11.7 Å². The van der Waals surface area contributed by atoms with Crippen molar-refractivity contribution in [2.45, 2.75) is 70.5 Å². The number of hydrogen-bond acceptors (Lipinski definition) is 7. The maximum absolute atomic E-state index is 14.6. The highest BCUT2D eigenvalue weighted by molar-refractivity contribution is 6.39. The molecule has 0 N–H and O–H groups in total. The van der Waals surface area contributed by atoms with Crippen LogP contribution in [0.15, 0.2) is 71.9 Å². The van der Waals surface area contributed by atoms with Gasteiger partial charge in [0.1, 0.15) is 25.3 Å². The molecule has 0 bridgehead atoms. The van der Waals surface area contributed by atoms with Crippen molar-refractivity contribution in [1.29, 1.82) is 0 Å². The molecular weight excluding hydrogens is 560 g/mol. The van der Waals surface area contributed by atoms with Gasteiger partial charge in [-0.05, 0) is 24.3 Å². The number of hydrazine groups is 1. The number of amides is 3. The fraction of sp³-hybridized carbons (Fsp3) is 0.441. The number of ether oxygens (including phenoxy) is 2. The molecule has 10 heteroatoms. The van der Waals surface area contributed by atoms with Crippen LogP contribution in [0, 0.1) is 5.92 Å². The number of benzene rings is 2. The lowest BCUT2D eigenvalue weighted by molar-refractivity contribution is -0.168. The van der Waals surface area contributed by atoms with E-state index in [9.17, 15) is 19.2 Å². The summed E-state index contributed by atoms with van der Waals surface area (Å²) in [6.07, 6.45) is 5.43. The lowest BCUT2D eigenvalue weighted by Gasteiger charge is -2.46. The predicted octanol–water partition coefficient (Wildman–Crippen LogP) is 4.01. The maximum atomic E-state index is 14.6. The standard InChI is InChI=1S/C34H40N4O6/c1-23(2)30-33(42)38(28(26-15-9-6-10-16-26)20-36(30)29(40)21-43-4)37(24(3)39)27(19-25-13-7-5-8-14-25)31(41)32-35-34(22-44-32)17-11-12-18-34/h5-10,13-16,20,23,27,30H,11-12,17-19,21-22H2,1-4H3/t27-,30?/m0/s1. The predicted molar refractivity (Wildman–Crippen MR) is 165 cm³/mol. The summed E-state index contributed by atoms with van der Waals surface area (Å²) in [4.78, 5) is 62.2. The molecule has 2 aliphatic heterocycles. The topological polar surface area (TPSA) is 109 Å². The minimum atomic E-state index is -1.14. The number of aliphatic imine (C=N–C) groups is 1. The van der Waals surface area contributed by atoms with Gasteiger partial charge in [0, 0.05) is 32.2 Å². The number of hydrogen-bond donors (Lipinski definition) is 0. The molecule has 1 saturated carbocycles. The van der Waals surface area contributed by atoms with Crippen molar-refractivity contribution in [3.63, 3.8) is 0 Å². The Hall–Kier alpha value is -4.31. The van der Waals surface area contributed by atoms with Gasteiger partial charge in [0.15, 0.2) is 0 Å². The fourth-order valence-electron chi connectivity index (χ4n) is 6.36. The highest BCUT2D eigenvalue weighted by atomic mass is 16.5. The molecule has 1 fully saturated rings. The summed E-state index contributed by atoms with van der Waals surface area (Å²) >= 11 is 0. The van der Waals surface area contributed by atoms with E-state index in [1.807, 2.05) is 62.4 Å². The van der Waals surface area contributed by atoms with Gasteiger partial charge in [-0.1, -0.05) is 87.4 Å². The normalized spacial score (nSPS) is 19.9. The second-order valence-electron chi connectivity index (χ2n) is 12.0. The van der Waals surface area contributed by atoms with Crippen LogP contribution in [0.1, 0.15) is 57.6 Å². The van der Waals surface area contributed by atoms with Crippen LogP contribution in [0.3, 0.4) is 0 Å². The summed E-state index contributed by atoms with van der Waals surface area (Å²) in [5.74, 6) is -2.20. The highest BCUT2D eigenvalue weighted by Crippen LogP contribution is 2.38. The fourth-order valence-corrected chi connectivity index (χ4v) is 6.36. The molecule has 10 nitrogen and oxygen atoms in total. The summed E-state index contributed by atoms with van der Waals surface area (Å²) < 4.78 is 11.1. The molecule has 2 aromatic rings. The van der Waals surface area contributed by atoms with E-state index in [4.69, 9.17) is 14.5 Å². The van der Waals surface area contributed by atoms with E-state index >= 15 is 0 Å². The second-order valence-corrected chi connectivity index (χ2v) is 12.0. The first kappa shape index (κ1) is 31.1. The third kappa shape index (κ3) is 6.17. The zero-order valence-corrected chi connectivity index (χ0v) is 25.8. The van der Waals surface area contributed by atoms with E-state index in [0.29, 0.717) is 17.9 Å². The average Bonchev–Trinajstić information content (AvgIpc) is 3.66. The van der Waals surface area contributed by atoms with E-state index in [1.165, 1.54) is 29.0 Å². The number of rotatable bonds is 10. The van der Waals surface area contributed by atoms with Crippen LogP contribution in [0.5, 0.6) is 0 Å². The molecule has 1 unspecified atom stereocenters. The van der Waals surface area contributed by atoms with Crippen LogP contribution in [-0.4, -0.2) is 82.3 Å². The molecule has 2 aromatic carbocycles. The molecule has 0 aromatic heterocycles. The molecule has 0 radical (unpaired) electrons. The molecular formula is C34H40N4O6. The number of carbonyl (C=O) groups is 4. The van der Waals surface area contributed by atoms with Crippen molar-refractivity contribution in [1.82, 2.24) is 14.9 Å². The quantitative estimate of drug-likeness (QED) is 0.408. The van der Waals surface area contributed by atoms with E-state index in [1.54, 1.807) is 18.3 Å². The lowest BCUT2D eigenvalue weighted by Crippen LogP contribution is -2.64. The van der Waals surface area contributed by atoms with E-state index in [2.05, 4.69) is 0 Å². The van der Waals surface area contributed by atoms with Crippen molar-refractivity contribution < 1.29 is 28.7 Å². The Morgan fingerprint density at radius 3 is 2.27 bits per heavy atom. The van der Waals surface area contributed by atoms with E-state index < -0.39 is 41.1 Å².